The molecular formula is C20H20F2N2O3. The van der Waals surface area contributed by atoms with Gasteiger partial charge in [0, 0.05) is 6.54 Å². The zero-order chi connectivity index (χ0) is 19.8. The molecule has 0 spiro atoms. The molecule has 1 N–H and O–H groups in total. The number of hydrogen-bond acceptors (Lipinski definition) is 3. The summed E-state index contributed by atoms with van der Waals surface area (Å²) in [5.74, 6) is -2.95. The van der Waals surface area contributed by atoms with Crippen molar-refractivity contribution < 1.29 is 23.1 Å². The first kappa shape index (κ1) is 20.1. The fraction of sp³-hybridized carbons (Fsp3) is 0.200. The van der Waals surface area contributed by atoms with Crippen molar-refractivity contribution in [3.8, 4) is 0 Å². The molecule has 0 heterocycles. The predicted molar refractivity (Wildman–Crippen MR) is 98.7 cm³/mol. The number of carbonyl (C=O) groups is 2. The summed E-state index contributed by atoms with van der Waals surface area (Å²) < 4.78 is 32.5. The number of likely N-dealkylation sites (N-methyl/N-ethyl adjacent to an activating group) is 1. The van der Waals surface area contributed by atoms with Gasteiger partial charge in [-0.15, -0.1) is 0 Å². The second kappa shape index (κ2) is 9.47. The van der Waals surface area contributed by atoms with Gasteiger partial charge in [-0.2, -0.15) is 0 Å². The lowest BCUT2D eigenvalue weighted by Crippen LogP contribution is -2.39. The van der Waals surface area contributed by atoms with E-state index >= 15 is 0 Å². The summed E-state index contributed by atoms with van der Waals surface area (Å²) in [6, 6.07) is 12.3. The van der Waals surface area contributed by atoms with Crippen LogP contribution in [0, 0.1) is 11.6 Å². The Kier molecular flexibility index (Phi) is 7.05. The number of benzene rings is 2. The van der Waals surface area contributed by atoms with E-state index in [1.807, 2.05) is 18.2 Å². The lowest BCUT2D eigenvalue weighted by Gasteiger charge is -2.21. The van der Waals surface area contributed by atoms with Gasteiger partial charge < -0.3 is 15.0 Å². The molecule has 0 aromatic heterocycles. The van der Waals surface area contributed by atoms with Crippen molar-refractivity contribution in [2.24, 2.45) is 0 Å². The summed E-state index contributed by atoms with van der Waals surface area (Å²) in [5, 5.41) is 2.16. The summed E-state index contributed by atoms with van der Waals surface area (Å²) in [4.78, 5) is 26.0. The number of para-hydroxylation sites is 1. The van der Waals surface area contributed by atoms with Crippen LogP contribution >= 0.6 is 0 Å². The van der Waals surface area contributed by atoms with Crippen molar-refractivity contribution in [2.75, 3.05) is 25.5 Å². The van der Waals surface area contributed by atoms with Gasteiger partial charge in [0.15, 0.2) is 5.76 Å². The van der Waals surface area contributed by atoms with E-state index in [4.69, 9.17) is 4.74 Å². The second-order valence-electron chi connectivity index (χ2n) is 5.59. The van der Waals surface area contributed by atoms with Crippen LogP contribution in [0.4, 0.5) is 14.5 Å². The van der Waals surface area contributed by atoms with Crippen molar-refractivity contribution in [1.29, 1.82) is 0 Å². The van der Waals surface area contributed by atoms with E-state index in [0.717, 1.165) is 17.7 Å². The molecule has 0 aliphatic rings. The quantitative estimate of drug-likeness (QED) is 0.597. The third-order valence-corrected chi connectivity index (χ3v) is 3.76. The van der Waals surface area contributed by atoms with Crippen LogP contribution in [-0.2, 0) is 14.3 Å². The fourth-order valence-corrected chi connectivity index (χ4v) is 2.36. The van der Waals surface area contributed by atoms with Crippen LogP contribution in [0.15, 0.2) is 54.3 Å². The number of rotatable bonds is 7. The number of methoxy groups -OCH3 is 1. The molecule has 2 aromatic carbocycles. The van der Waals surface area contributed by atoms with E-state index in [-0.39, 0.29) is 18.8 Å². The molecule has 0 radical (unpaired) electrons. The second-order valence-corrected chi connectivity index (χ2v) is 5.59. The van der Waals surface area contributed by atoms with Gasteiger partial charge in [-0.25, -0.2) is 8.78 Å². The van der Waals surface area contributed by atoms with Crippen LogP contribution in [0.5, 0.6) is 0 Å². The lowest BCUT2D eigenvalue weighted by molar-refractivity contribution is -0.133. The summed E-state index contributed by atoms with van der Waals surface area (Å²) in [7, 11) is 1.36. The van der Waals surface area contributed by atoms with Gasteiger partial charge in [-0.3, -0.25) is 9.59 Å². The highest BCUT2D eigenvalue weighted by Crippen LogP contribution is 2.18. The molecule has 27 heavy (non-hydrogen) atoms. The highest BCUT2D eigenvalue weighted by atomic mass is 19.1. The minimum absolute atomic E-state index is 0.0490. The molecule has 5 nitrogen and oxygen atoms in total. The molecule has 0 unspecified atom stereocenters. The van der Waals surface area contributed by atoms with E-state index in [1.54, 1.807) is 25.1 Å². The van der Waals surface area contributed by atoms with Gasteiger partial charge in [-0.1, -0.05) is 36.4 Å². The van der Waals surface area contributed by atoms with Gasteiger partial charge in [0.05, 0.1) is 7.11 Å². The van der Waals surface area contributed by atoms with Crippen molar-refractivity contribution >= 4 is 23.6 Å². The number of amides is 2. The topological polar surface area (TPSA) is 58.6 Å². The summed E-state index contributed by atoms with van der Waals surface area (Å²) in [6.07, 6.45) is 1.55. The largest absolute Gasteiger partial charge is 0.491 e. The van der Waals surface area contributed by atoms with E-state index < -0.39 is 29.1 Å². The minimum atomic E-state index is -0.890. The van der Waals surface area contributed by atoms with Gasteiger partial charge in [-0.05, 0) is 30.7 Å². The number of nitrogens with one attached hydrogen (secondary N) is 1. The van der Waals surface area contributed by atoms with E-state index in [9.17, 15) is 18.4 Å². The molecule has 0 atom stereocenters. The maximum absolute atomic E-state index is 13.6. The number of hydrogen-bond donors (Lipinski definition) is 1. The molecule has 0 saturated heterocycles. The van der Waals surface area contributed by atoms with Crippen molar-refractivity contribution in [2.45, 2.75) is 6.92 Å². The molecule has 0 saturated carbocycles. The average molecular weight is 374 g/mol. The van der Waals surface area contributed by atoms with E-state index in [1.165, 1.54) is 18.1 Å². The third kappa shape index (κ3) is 5.37. The molecular weight excluding hydrogens is 354 g/mol. The predicted octanol–water partition coefficient (Wildman–Crippen LogP) is 3.44. The Morgan fingerprint density at radius 3 is 2.26 bits per heavy atom. The minimum Gasteiger partial charge on any atom is -0.491 e. The van der Waals surface area contributed by atoms with Crippen molar-refractivity contribution in [1.82, 2.24) is 4.90 Å². The van der Waals surface area contributed by atoms with Gasteiger partial charge in [0.1, 0.15) is 23.9 Å². The van der Waals surface area contributed by atoms with E-state index in [2.05, 4.69) is 5.32 Å². The molecule has 2 rings (SSSR count). The molecule has 142 valence electrons. The Bertz CT molecular complexity index is 818. The van der Waals surface area contributed by atoms with Gasteiger partial charge in [0.2, 0.25) is 5.91 Å². The maximum atomic E-state index is 13.6. The zero-order valence-electron chi connectivity index (χ0n) is 15.0. The van der Waals surface area contributed by atoms with Gasteiger partial charge in [0.25, 0.3) is 5.91 Å². The van der Waals surface area contributed by atoms with Crippen LogP contribution in [-0.4, -0.2) is 36.9 Å². The average Bonchev–Trinajstić information content (AvgIpc) is 2.67. The molecule has 7 heteroatoms. The molecule has 0 fully saturated rings. The van der Waals surface area contributed by atoms with Gasteiger partial charge >= 0.3 is 0 Å². The monoisotopic (exact) mass is 374 g/mol. The molecule has 0 aliphatic carbocycles. The summed E-state index contributed by atoms with van der Waals surface area (Å²) in [5.41, 5.74) is 0.217. The lowest BCUT2D eigenvalue weighted by atomic mass is 10.2. The van der Waals surface area contributed by atoms with Crippen molar-refractivity contribution in [3.63, 3.8) is 0 Å². The normalized spacial score (nSPS) is 11.0. The Labute approximate surface area is 156 Å². The van der Waals surface area contributed by atoms with Crippen LogP contribution in [0.2, 0.25) is 0 Å². The van der Waals surface area contributed by atoms with E-state index in [0.29, 0.717) is 0 Å². The number of nitrogens with zero attached hydrogens (tertiary/aromatic N) is 1. The zero-order valence-corrected chi connectivity index (χ0v) is 15.0. The van der Waals surface area contributed by atoms with Crippen LogP contribution in [0.1, 0.15) is 12.5 Å². The number of carbonyl (C=O) groups excluding carboxylic acids is 2. The first-order valence-corrected chi connectivity index (χ1v) is 8.30. The highest BCUT2D eigenvalue weighted by Gasteiger charge is 2.21. The smallest absolute Gasteiger partial charge is 0.289 e. The Hall–Kier alpha value is -3.22. The number of ether oxygens (including phenoxy) is 1. The standard InChI is InChI=1S/C20H20F2N2O3/c1-3-24(13-18(25)23-19-15(21)10-7-11-16(19)22)20(26)17(27-2)12-14-8-5-4-6-9-14/h4-12H,3,13H2,1-2H3,(H,23,25)/b17-12+. The highest BCUT2D eigenvalue weighted by molar-refractivity contribution is 6.00. The first-order chi connectivity index (χ1) is 13.0. The Morgan fingerprint density at radius 1 is 1.07 bits per heavy atom. The number of halogens is 2. The maximum Gasteiger partial charge on any atom is 0.289 e. The molecule has 2 aromatic rings. The van der Waals surface area contributed by atoms with Crippen LogP contribution in [0.3, 0.4) is 0 Å². The number of anilines is 1. The van der Waals surface area contributed by atoms with Crippen molar-refractivity contribution in [3.05, 3.63) is 71.5 Å². The first-order valence-electron chi connectivity index (χ1n) is 8.30. The van der Waals surface area contributed by atoms with Crippen LogP contribution < -0.4 is 5.32 Å². The SMILES string of the molecule is CCN(CC(=O)Nc1c(F)cccc1F)C(=O)/C(=C\c1ccccc1)OC. The Balaban J connectivity index is 2.12. The molecule has 2 amide bonds. The Morgan fingerprint density at radius 2 is 1.70 bits per heavy atom. The van der Waals surface area contributed by atoms with Crippen LogP contribution in [0.25, 0.3) is 6.08 Å². The third-order valence-electron chi connectivity index (χ3n) is 3.76. The fourth-order valence-electron chi connectivity index (χ4n) is 2.36. The molecule has 0 aliphatic heterocycles. The molecule has 0 bridgehead atoms. The summed E-state index contributed by atoms with van der Waals surface area (Å²) >= 11 is 0. The summed E-state index contributed by atoms with van der Waals surface area (Å²) in [6.45, 7) is 1.52.